The first-order chi connectivity index (χ1) is 10.6. The maximum Gasteiger partial charge on any atom is 0.219 e. The van der Waals surface area contributed by atoms with Crippen molar-refractivity contribution in [2.75, 3.05) is 26.7 Å². The zero-order chi connectivity index (χ0) is 15.7. The van der Waals surface area contributed by atoms with Gasteiger partial charge >= 0.3 is 0 Å². The van der Waals surface area contributed by atoms with Crippen LogP contribution >= 0.6 is 0 Å². The molecule has 3 fully saturated rings. The number of hydrogen-bond donors (Lipinski definition) is 0. The maximum absolute atomic E-state index is 14.1. The molecule has 2 bridgehead atoms. The van der Waals surface area contributed by atoms with Gasteiger partial charge in [-0.1, -0.05) is 0 Å². The number of hydrogen-bond acceptors (Lipinski definition) is 3. The van der Waals surface area contributed by atoms with Gasteiger partial charge in [-0.25, -0.2) is 4.39 Å². The number of amides is 1. The molecule has 3 aliphatic rings. The number of methoxy groups -OCH3 is 1. The number of ether oxygens (including phenoxy) is 1. The van der Waals surface area contributed by atoms with Crippen LogP contribution in [0.4, 0.5) is 4.39 Å². The highest BCUT2D eigenvalue weighted by Gasteiger charge is 2.35. The number of benzene rings is 1. The normalized spacial score (nSPS) is 25.1. The highest BCUT2D eigenvalue weighted by Crippen LogP contribution is 2.30. The smallest absolute Gasteiger partial charge is 0.219 e. The monoisotopic (exact) mass is 306 g/mol. The van der Waals surface area contributed by atoms with E-state index in [9.17, 15) is 9.18 Å². The molecule has 120 valence electrons. The number of fused-ring (bicyclic) bond motifs is 4. The van der Waals surface area contributed by atoms with Crippen molar-refractivity contribution in [2.24, 2.45) is 5.92 Å². The summed E-state index contributed by atoms with van der Waals surface area (Å²) in [6.07, 6.45) is 2.24. The highest BCUT2D eigenvalue weighted by molar-refractivity contribution is 5.73. The van der Waals surface area contributed by atoms with Gasteiger partial charge in [-0.2, -0.15) is 0 Å². The van der Waals surface area contributed by atoms with Gasteiger partial charge in [0.15, 0.2) is 0 Å². The van der Waals surface area contributed by atoms with Crippen LogP contribution in [0.5, 0.6) is 5.75 Å². The molecule has 1 aromatic rings. The Balaban J connectivity index is 1.77. The van der Waals surface area contributed by atoms with Crippen LogP contribution in [-0.4, -0.2) is 48.5 Å². The van der Waals surface area contributed by atoms with Gasteiger partial charge in [0, 0.05) is 44.7 Å². The quantitative estimate of drug-likeness (QED) is 0.859. The minimum atomic E-state index is -0.190. The Bertz CT molecular complexity index is 564. The van der Waals surface area contributed by atoms with Crippen LogP contribution in [0.1, 0.15) is 25.3 Å². The number of halogens is 1. The van der Waals surface area contributed by atoms with Gasteiger partial charge in [0.2, 0.25) is 5.91 Å². The van der Waals surface area contributed by atoms with Crippen LogP contribution in [0.25, 0.3) is 0 Å². The van der Waals surface area contributed by atoms with Crippen LogP contribution in [0.2, 0.25) is 0 Å². The Labute approximate surface area is 130 Å². The Morgan fingerprint density at radius 1 is 1.32 bits per heavy atom. The number of carbonyl (C=O) groups excluding carboxylic acids is 1. The van der Waals surface area contributed by atoms with Crippen LogP contribution in [0.3, 0.4) is 0 Å². The van der Waals surface area contributed by atoms with E-state index >= 15 is 0 Å². The van der Waals surface area contributed by atoms with Gasteiger partial charge < -0.3 is 9.64 Å². The summed E-state index contributed by atoms with van der Waals surface area (Å²) in [5.41, 5.74) is 0.668. The molecular weight excluding hydrogens is 283 g/mol. The first-order valence-electron chi connectivity index (χ1n) is 7.89. The van der Waals surface area contributed by atoms with Crippen molar-refractivity contribution >= 4 is 5.91 Å². The second-order valence-corrected chi connectivity index (χ2v) is 6.41. The van der Waals surface area contributed by atoms with Gasteiger partial charge in [0.05, 0.1) is 7.11 Å². The molecule has 0 radical (unpaired) electrons. The standard InChI is InChI=1S/C17H23FN2O2/c1-12(21)19-8-13-3-4-15(11-19)20(9-13)10-14-7-16(22-2)5-6-17(14)18/h5-7,13,15H,3-4,8-11H2,1-2H3/t13-,15+/m1/s1. The SMILES string of the molecule is COc1ccc(F)c(CN2C[C@@H]3CC[C@H]2CN(C(C)=O)C3)c1. The van der Waals surface area contributed by atoms with E-state index in [0.29, 0.717) is 29.8 Å². The van der Waals surface area contributed by atoms with E-state index in [0.717, 1.165) is 32.5 Å². The van der Waals surface area contributed by atoms with E-state index < -0.39 is 0 Å². The van der Waals surface area contributed by atoms with Gasteiger partial charge in [0.25, 0.3) is 0 Å². The van der Waals surface area contributed by atoms with Crippen LogP contribution in [0, 0.1) is 11.7 Å². The molecule has 0 saturated carbocycles. The predicted molar refractivity (Wildman–Crippen MR) is 82.1 cm³/mol. The zero-order valence-electron chi connectivity index (χ0n) is 13.2. The lowest BCUT2D eigenvalue weighted by atomic mass is 9.94. The Hall–Kier alpha value is -1.62. The summed E-state index contributed by atoms with van der Waals surface area (Å²) in [5.74, 6) is 1.13. The molecule has 4 rings (SSSR count). The zero-order valence-corrected chi connectivity index (χ0v) is 13.2. The van der Waals surface area contributed by atoms with E-state index in [1.165, 1.54) is 6.07 Å². The lowest BCUT2D eigenvalue weighted by Gasteiger charge is -2.36. The average Bonchev–Trinajstić information content (AvgIpc) is 2.81. The summed E-state index contributed by atoms with van der Waals surface area (Å²) in [6.45, 7) is 4.75. The van der Waals surface area contributed by atoms with Crippen molar-refractivity contribution in [3.05, 3.63) is 29.6 Å². The van der Waals surface area contributed by atoms with Crippen molar-refractivity contribution in [3.8, 4) is 5.75 Å². The fourth-order valence-corrected chi connectivity index (χ4v) is 3.65. The second-order valence-electron chi connectivity index (χ2n) is 6.41. The molecule has 3 aliphatic heterocycles. The van der Waals surface area contributed by atoms with Crippen LogP contribution < -0.4 is 4.74 Å². The van der Waals surface area contributed by atoms with Crippen molar-refractivity contribution in [1.82, 2.24) is 9.80 Å². The molecule has 0 unspecified atom stereocenters. The van der Waals surface area contributed by atoms with E-state index in [2.05, 4.69) is 4.90 Å². The largest absolute Gasteiger partial charge is 0.497 e. The third-order valence-electron chi connectivity index (χ3n) is 4.90. The molecule has 0 aliphatic carbocycles. The van der Waals surface area contributed by atoms with Crippen LogP contribution in [-0.2, 0) is 11.3 Å². The van der Waals surface area contributed by atoms with Gasteiger partial charge in [-0.15, -0.1) is 0 Å². The fraction of sp³-hybridized carbons (Fsp3) is 0.588. The lowest BCUT2D eigenvalue weighted by Crippen LogP contribution is -2.43. The van der Waals surface area contributed by atoms with Gasteiger partial charge in [0.1, 0.15) is 11.6 Å². The number of nitrogens with zero attached hydrogens (tertiary/aromatic N) is 2. The van der Waals surface area contributed by atoms with Gasteiger partial charge in [-0.05, 0) is 37.0 Å². The summed E-state index contributed by atoms with van der Waals surface area (Å²) in [6, 6.07) is 5.21. The molecule has 5 heteroatoms. The molecule has 4 nitrogen and oxygen atoms in total. The van der Waals surface area contributed by atoms with Gasteiger partial charge in [-0.3, -0.25) is 9.69 Å². The summed E-state index contributed by atoms with van der Waals surface area (Å²) in [5, 5.41) is 0. The van der Waals surface area contributed by atoms with E-state index in [-0.39, 0.29) is 11.7 Å². The van der Waals surface area contributed by atoms with Crippen molar-refractivity contribution < 1.29 is 13.9 Å². The Kier molecular flexibility index (Phi) is 4.34. The molecule has 1 amide bonds. The van der Waals surface area contributed by atoms with E-state index in [1.807, 2.05) is 4.90 Å². The summed E-state index contributed by atoms with van der Waals surface area (Å²) < 4.78 is 19.3. The molecular formula is C17H23FN2O2. The first kappa shape index (κ1) is 15.3. The summed E-state index contributed by atoms with van der Waals surface area (Å²) in [4.78, 5) is 16.0. The summed E-state index contributed by atoms with van der Waals surface area (Å²) >= 11 is 0. The van der Waals surface area contributed by atoms with Crippen LogP contribution in [0.15, 0.2) is 18.2 Å². The third kappa shape index (κ3) is 3.09. The van der Waals surface area contributed by atoms with Crippen molar-refractivity contribution in [3.63, 3.8) is 0 Å². The maximum atomic E-state index is 14.1. The second kappa shape index (κ2) is 6.24. The molecule has 22 heavy (non-hydrogen) atoms. The van der Waals surface area contributed by atoms with E-state index in [1.54, 1.807) is 26.2 Å². The minimum absolute atomic E-state index is 0.145. The number of piperidine rings is 1. The topological polar surface area (TPSA) is 32.8 Å². The molecule has 3 saturated heterocycles. The highest BCUT2D eigenvalue weighted by atomic mass is 19.1. The number of rotatable bonds is 3. The Morgan fingerprint density at radius 3 is 2.86 bits per heavy atom. The third-order valence-corrected chi connectivity index (χ3v) is 4.90. The predicted octanol–water partition coefficient (Wildman–Crippen LogP) is 2.28. The van der Waals surface area contributed by atoms with E-state index in [4.69, 9.17) is 4.74 Å². The minimum Gasteiger partial charge on any atom is -0.497 e. The molecule has 0 spiro atoms. The lowest BCUT2D eigenvalue weighted by molar-refractivity contribution is -0.129. The van der Waals surface area contributed by atoms with Crippen molar-refractivity contribution in [1.29, 1.82) is 0 Å². The Morgan fingerprint density at radius 2 is 2.14 bits per heavy atom. The van der Waals surface area contributed by atoms with Crippen molar-refractivity contribution in [2.45, 2.75) is 32.4 Å². The molecule has 1 aromatic carbocycles. The summed E-state index contributed by atoms with van der Waals surface area (Å²) in [7, 11) is 1.59. The first-order valence-corrected chi connectivity index (χ1v) is 7.89. The molecule has 2 atom stereocenters. The molecule has 0 N–H and O–H groups in total. The fourth-order valence-electron chi connectivity index (χ4n) is 3.65. The molecule has 0 aromatic heterocycles. The number of carbonyl (C=O) groups is 1. The average molecular weight is 306 g/mol. The molecule has 3 heterocycles.